The number of amides is 2. The number of carbonyl (C=O) groups is 2. The summed E-state index contributed by atoms with van der Waals surface area (Å²) in [5, 5.41) is 0. The first-order valence-electron chi connectivity index (χ1n) is 9.49. The molecule has 6 heteroatoms. The second kappa shape index (κ2) is 6.37. The number of aromatic nitrogens is 1. The third kappa shape index (κ3) is 2.95. The lowest BCUT2D eigenvalue weighted by Crippen LogP contribution is -2.48. The van der Waals surface area contributed by atoms with E-state index in [1.165, 1.54) is 0 Å². The lowest BCUT2D eigenvalue weighted by Gasteiger charge is -2.31. The van der Waals surface area contributed by atoms with Crippen LogP contribution in [0.25, 0.3) is 0 Å². The molecule has 2 bridgehead atoms. The molecule has 6 nitrogen and oxygen atoms in total. The molecule has 2 aromatic rings. The molecule has 1 aliphatic carbocycles. The van der Waals surface area contributed by atoms with Gasteiger partial charge in [0.25, 0.3) is 5.91 Å². The van der Waals surface area contributed by atoms with E-state index in [0.717, 1.165) is 24.3 Å². The number of carbonyl (C=O) groups excluding carboxylic acids is 2. The van der Waals surface area contributed by atoms with Crippen LogP contribution in [0.5, 0.6) is 5.75 Å². The predicted molar refractivity (Wildman–Crippen MR) is 99.6 cm³/mol. The van der Waals surface area contributed by atoms with Crippen LogP contribution < -0.4 is 9.64 Å². The van der Waals surface area contributed by atoms with E-state index in [9.17, 15) is 9.59 Å². The van der Waals surface area contributed by atoms with Crippen molar-refractivity contribution in [2.24, 2.45) is 5.92 Å². The highest BCUT2D eigenvalue weighted by Gasteiger charge is 2.45. The first-order valence-corrected chi connectivity index (χ1v) is 9.49. The highest BCUT2D eigenvalue weighted by molar-refractivity contribution is 6.03. The molecule has 2 unspecified atom stereocenters. The average molecular weight is 363 g/mol. The Morgan fingerprint density at radius 3 is 2.81 bits per heavy atom. The van der Waals surface area contributed by atoms with E-state index in [2.05, 4.69) is 4.98 Å². The standard InChI is InChI=1S/C21H21N3O3/c25-20(15-4-3-9-22-11-15)24-13-16-10-18(24)21(26)23(12-14-7-8-14)17-5-1-2-6-19(17)27-16/h1-6,9,11,14,16,18H,7-8,10,12-13H2. The fourth-order valence-corrected chi connectivity index (χ4v) is 4.00. The van der Waals surface area contributed by atoms with Crippen LogP contribution >= 0.6 is 0 Å². The Balaban J connectivity index is 1.51. The predicted octanol–water partition coefficient (Wildman–Crippen LogP) is 2.50. The molecule has 1 saturated heterocycles. The molecule has 0 spiro atoms. The van der Waals surface area contributed by atoms with Crippen molar-refractivity contribution in [2.75, 3.05) is 18.0 Å². The Kier molecular flexibility index (Phi) is 3.85. The average Bonchev–Trinajstić information content (AvgIpc) is 3.42. The highest BCUT2D eigenvalue weighted by atomic mass is 16.5. The Labute approximate surface area is 157 Å². The molecule has 0 radical (unpaired) electrons. The summed E-state index contributed by atoms with van der Waals surface area (Å²) < 4.78 is 6.22. The minimum Gasteiger partial charge on any atom is -0.486 e. The van der Waals surface area contributed by atoms with E-state index in [1.54, 1.807) is 29.4 Å². The van der Waals surface area contributed by atoms with Crippen molar-refractivity contribution in [1.29, 1.82) is 0 Å². The van der Waals surface area contributed by atoms with Gasteiger partial charge >= 0.3 is 0 Å². The zero-order valence-corrected chi connectivity index (χ0v) is 15.0. The Morgan fingerprint density at radius 1 is 1.19 bits per heavy atom. The monoisotopic (exact) mass is 363 g/mol. The molecule has 2 atom stereocenters. The van der Waals surface area contributed by atoms with Gasteiger partial charge in [0.05, 0.1) is 17.8 Å². The molecule has 2 amide bonds. The summed E-state index contributed by atoms with van der Waals surface area (Å²) in [6.45, 7) is 1.10. The largest absolute Gasteiger partial charge is 0.486 e. The fraction of sp³-hybridized carbons (Fsp3) is 0.381. The number of benzene rings is 1. The van der Waals surface area contributed by atoms with Crippen molar-refractivity contribution in [2.45, 2.75) is 31.4 Å². The number of rotatable bonds is 3. The Hall–Kier alpha value is -2.89. The maximum Gasteiger partial charge on any atom is 0.256 e. The number of fused-ring (bicyclic) bond motifs is 3. The SMILES string of the molecule is O=C1C2CC(CN2C(=O)c2cccnc2)Oc2ccccc2N1CC1CC1. The van der Waals surface area contributed by atoms with E-state index < -0.39 is 6.04 Å². The van der Waals surface area contributed by atoms with Gasteiger partial charge in [0.1, 0.15) is 17.9 Å². The number of para-hydroxylation sites is 2. The number of hydrogen-bond donors (Lipinski definition) is 0. The number of likely N-dealkylation sites (tertiary alicyclic amines) is 1. The van der Waals surface area contributed by atoms with Crippen molar-refractivity contribution in [3.8, 4) is 5.75 Å². The van der Waals surface area contributed by atoms with Crippen LogP contribution in [0, 0.1) is 5.92 Å². The summed E-state index contributed by atoms with van der Waals surface area (Å²) in [6, 6.07) is 10.7. The molecule has 2 aliphatic heterocycles. The van der Waals surface area contributed by atoms with Gasteiger partial charge < -0.3 is 14.5 Å². The zero-order chi connectivity index (χ0) is 18.4. The first kappa shape index (κ1) is 16.3. The van der Waals surface area contributed by atoms with Crippen LogP contribution in [0.1, 0.15) is 29.6 Å². The number of pyridine rings is 1. The van der Waals surface area contributed by atoms with Crippen LogP contribution in [0.4, 0.5) is 5.69 Å². The van der Waals surface area contributed by atoms with Gasteiger partial charge in [-0.3, -0.25) is 14.6 Å². The summed E-state index contributed by atoms with van der Waals surface area (Å²) >= 11 is 0. The minimum atomic E-state index is -0.491. The number of ether oxygens (including phenoxy) is 1. The first-order chi connectivity index (χ1) is 13.2. The van der Waals surface area contributed by atoms with Crippen molar-refractivity contribution in [3.63, 3.8) is 0 Å². The van der Waals surface area contributed by atoms with Crippen LogP contribution in [-0.4, -0.2) is 46.9 Å². The van der Waals surface area contributed by atoms with Gasteiger partial charge in [0, 0.05) is 25.4 Å². The van der Waals surface area contributed by atoms with E-state index in [4.69, 9.17) is 4.74 Å². The molecule has 27 heavy (non-hydrogen) atoms. The quantitative estimate of drug-likeness (QED) is 0.841. The lowest BCUT2D eigenvalue weighted by molar-refractivity contribution is -0.122. The molecule has 1 saturated carbocycles. The number of nitrogens with zero attached hydrogens (tertiary/aromatic N) is 3. The molecule has 2 fully saturated rings. The van der Waals surface area contributed by atoms with E-state index in [-0.39, 0.29) is 17.9 Å². The smallest absolute Gasteiger partial charge is 0.256 e. The fourth-order valence-electron chi connectivity index (χ4n) is 4.00. The molecule has 1 aromatic heterocycles. The lowest BCUT2D eigenvalue weighted by atomic mass is 10.1. The van der Waals surface area contributed by atoms with Gasteiger partial charge in [-0.05, 0) is 43.0 Å². The van der Waals surface area contributed by atoms with Gasteiger partial charge in [0.2, 0.25) is 5.91 Å². The van der Waals surface area contributed by atoms with Gasteiger partial charge in [-0.25, -0.2) is 0 Å². The van der Waals surface area contributed by atoms with Crippen LogP contribution in [-0.2, 0) is 4.79 Å². The molecule has 3 aliphatic rings. The molecule has 1 aromatic carbocycles. The van der Waals surface area contributed by atoms with Crippen molar-refractivity contribution >= 4 is 17.5 Å². The van der Waals surface area contributed by atoms with Crippen LogP contribution in [0.2, 0.25) is 0 Å². The van der Waals surface area contributed by atoms with Crippen molar-refractivity contribution in [1.82, 2.24) is 9.88 Å². The van der Waals surface area contributed by atoms with Gasteiger partial charge in [-0.15, -0.1) is 0 Å². The Morgan fingerprint density at radius 2 is 2.04 bits per heavy atom. The molecule has 0 N–H and O–H groups in total. The third-order valence-electron chi connectivity index (χ3n) is 5.57. The molecular formula is C21H21N3O3. The molecule has 3 heterocycles. The second-order valence-corrected chi connectivity index (χ2v) is 7.55. The molecular weight excluding hydrogens is 342 g/mol. The number of anilines is 1. The maximum absolute atomic E-state index is 13.5. The summed E-state index contributed by atoms with van der Waals surface area (Å²) in [7, 11) is 0. The molecule has 5 rings (SSSR count). The normalized spacial score (nSPS) is 24.1. The zero-order valence-electron chi connectivity index (χ0n) is 15.0. The van der Waals surface area contributed by atoms with Gasteiger partial charge in [-0.2, -0.15) is 0 Å². The van der Waals surface area contributed by atoms with Gasteiger partial charge in [-0.1, -0.05) is 12.1 Å². The minimum absolute atomic E-state index is 0.00242. The second-order valence-electron chi connectivity index (χ2n) is 7.55. The van der Waals surface area contributed by atoms with E-state index in [1.807, 2.05) is 29.2 Å². The van der Waals surface area contributed by atoms with E-state index >= 15 is 0 Å². The van der Waals surface area contributed by atoms with Crippen LogP contribution in [0.15, 0.2) is 48.8 Å². The summed E-state index contributed by atoms with van der Waals surface area (Å²) in [6.07, 6.45) is 5.84. The maximum atomic E-state index is 13.5. The Bertz CT molecular complexity index is 881. The van der Waals surface area contributed by atoms with E-state index in [0.29, 0.717) is 31.0 Å². The summed E-state index contributed by atoms with van der Waals surface area (Å²) in [5.41, 5.74) is 1.32. The molecule has 138 valence electrons. The summed E-state index contributed by atoms with van der Waals surface area (Å²) in [5.74, 6) is 1.11. The topological polar surface area (TPSA) is 62.7 Å². The van der Waals surface area contributed by atoms with Crippen molar-refractivity contribution < 1.29 is 14.3 Å². The van der Waals surface area contributed by atoms with Crippen molar-refractivity contribution in [3.05, 3.63) is 54.4 Å². The third-order valence-corrected chi connectivity index (χ3v) is 5.57. The van der Waals surface area contributed by atoms with Crippen LogP contribution in [0.3, 0.4) is 0 Å². The summed E-state index contributed by atoms with van der Waals surface area (Å²) in [4.78, 5) is 34.1. The van der Waals surface area contributed by atoms with Gasteiger partial charge in [0.15, 0.2) is 0 Å². The highest BCUT2D eigenvalue weighted by Crippen LogP contribution is 2.39. The number of hydrogen-bond acceptors (Lipinski definition) is 4.